The molecule has 1 atom stereocenters. The molecule has 0 N–H and O–H groups in total. The lowest BCUT2D eigenvalue weighted by molar-refractivity contribution is 0.684. The van der Waals surface area contributed by atoms with Crippen LogP contribution in [0.5, 0.6) is 0 Å². The van der Waals surface area contributed by atoms with Gasteiger partial charge >= 0.3 is 0 Å². The molecule has 0 amide bonds. The molecule has 0 saturated heterocycles. The highest BCUT2D eigenvalue weighted by atomic mass is 127. The number of hydrogen-bond acceptors (Lipinski definition) is 0. The van der Waals surface area contributed by atoms with Crippen LogP contribution in [0.15, 0.2) is 0 Å². The van der Waals surface area contributed by atoms with E-state index in [-0.39, 0.29) is 0 Å². The standard InChI is InChI=1S/C5H10I/c1-3-5(2)4-6/h5H,1,3-4H2,2H3. The molecule has 1 unspecified atom stereocenters. The van der Waals surface area contributed by atoms with Crippen molar-refractivity contribution in [3.63, 3.8) is 0 Å². The highest BCUT2D eigenvalue weighted by Crippen LogP contribution is 2.02. The third-order valence-electron chi connectivity index (χ3n) is 0.756. The summed E-state index contributed by atoms with van der Waals surface area (Å²) in [6.07, 6.45) is 1.07. The summed E-state index contributed by atoms with van der Waals surface area (Å²) in [7, 11) is 0. The third-order valence-corrected chi connectivity index (χ3v) is 2.26. The van der Waals surface area contributed by atoms with Crippen molar-refractivity contribution in [1.82, 2.24) is 0 Å². The fourth-order valence-corrected chi connectivity index (χ4v) is 0.518. The summed E-state index contributed by atoms with van der Waals surface area (Å²) in [5.41, 5.74) is 0. The molecule has 0 aromatic rings. The second-order valence-electron chi connectivity index (χ2n) is 1.55. The second kappa shape index (κ2) is 3.90. The highest BCUT2D eigenvalue weighted by Gasteiger charge is 1.90. The fourth-order valence-electron chi connectivity index (χ4n) is 0.0772. The van der Waals surface area contributed by atoms with Crippen LogP contribution in [0.1, 0.15) is 13.3 Å². The van der Waals surface area contributed by atoms with E-state index in [2.05, 4.69) is 36.4 Å². The van der Waals surface area contributed by atoms with Gasteiger partial charge in [-0.1, -0.05) is 36.4 Å². The predicted molar refractivity (Wildman–Crippen MR) is 38.0 cm³/mol. The summed E-state index contributed by atoms with van der Waals surface area (Å²) >= 11 is 2.37. The van der Waals surface area contributed by atoms with Gasteiger partial charge in [0.25, 0.3) is 0 Å². The minimum Gasteiger partial charge on any atom is -0.0861 e. The molecule has 6 heavy (non-hydrogen) atoms. The van der Waals surface area contributed by atoms with Gasteiger partial charge in [0, 0.05) is 4.43 Å². The molecular weight excluding hydrogens is 187 g/mol. The molecule has 1 radical (unpaired) electrons. The van der Waals surface area contributed by atoms with Crippen LogP contribution < -0.4 is 0 Å². The number of hydrogen-bond donors (Lipinski definition) is 0. The molecule has 0 aromatic carbocycles. The first-order valence-corrected chi connectivity index (χ1v) is 3.69. The summed E-state index contributed by atoms with van der Waals surface area (Å²) in [4.78, 5) is 0. The maximum absolute atomic E-state index is 3.75. The van der Waals surface area contributed by atoms with Crippen LogP contribution in [0.3, 0.4) is 0 Å². The van der Waals surface area contributed by atoms with Crippen LogP contribution in [0.4, 0.5) is 0 Å². The Labute approximate surface area is 53.5 Å². The number of halogens is 1. The summed E-state index contributed by atoms with van der Waals surface area (Å²) in [5, 5.41) is 0. The second-order valence-corrected chi connectivity index (χ2v) is 2.43. The zero-order valence-electron chi connectivity index (χ0n) is 4.08. The van der Waals surface area contributed by atoms with Gasteiger partial charge in [0.15, 0.2) is 0 Å². The van der Waals surface area contributed by atoms with Gasteiger partial charge in [0.05, 0.1) is 0 Å². The van der Waals surface area contributed by atoms with Crippen molar-refractivity contribution >= 4 is 22.6 Å². The lowest BCUT2D eigenvalue weighted by Gasteiger charge is -1.97. The largest absolute Gasteiger partial charge is 0.0861 e. The lowest BCUT2D eigenvalue weighted by atomic mass is 10.2. The molecule has 0 saturated carbocycles. The van der Waals surface area contributed by atoms with Gasteiger partial charge < -0.3 is 0 Å². The normalized spacial score (nSPS) is 14.5. The first-order valence-electron chi connectivity index (χ1n) is 2.16. The van der Waals surface area contributed by atoms with Gasteiger partial charge in [-0.15, -0.1) is 0 Å². The van der Waals surface area contributed by atoms with Crippen LogP contribution in [-0.2, 0) is 0 Å². The van der Waals surface area contributed by atoms with Crippen molar-refractivity contribution in [2.75, 3.05) is 4.43 Å². The quantitative estimate of drug-likeness (QED) is 0.470. The third kappa shape index (κ3) is 2.94. The van der Waals surface area contributed by atoms with E-state index in [0.717, 1.165) is 12.3 Å². The topological polar surface area (TPSA) is 0 Å². The molecule has 0 aliphatic heterocycles. The van der Waals surface area contributed by atoms with E-state index in [1.54, 1.807) is 0 Å². The van der Waals surface area contributed by atoms with Crippen molar-refractivity contribution in [1.29, 1.82) is 0 Å². The highest BCUT2D eigenvalue weighted by molar-refractivity contribution is 14.1. The molecule has 0 rings (SSSR count). The van der Waals surface area contributed by atoms with Crippen LogP contribution in [-0.4, -0.2) is 4.43 Å². The zero-order chi connectivity index (χ0) is 4.99. The average Bonchev–Trinajstić information content (AvgIpc) is 1.65. The molecule has 0 spiro atoms. The Morgan fingerprint density at radius 1 is 1.83 bits per heavy atom. The van der Waals surface area contributed by atoms with Gasteiger partial charge in [-0.05, 0) is 12.3 Å². The summed E-state index contributed by atoms with van der Waals surface area (Å²) in [6.45, 7) is 5.96. The Morgan fingerprint density at radius 2 is 2.33 bits per heavy atom. The Hall–Kier alpha value is 0.730. The van der Waals surface area contributed by atoms with Crippen molar-refractivity contribution in [3.8, 4) is 0 Å². The van der Waals surface area contributed by atoms with Crippen LogP contribution in [0.25, 0.3) is 0 Å². The zero-order valence-corrected chi connectivity index (χ0v) is 6.23. The average molecular weight is 197 g/mol. The van der Waals surface area contributed by atoms with Crippen LogP contribution in [0, 0.1) is 12.8 Å². The first kappa shape index (κ1) is 6.73. The van der Waals surface area contributed by atoms with Crippen molar-refractivity contribution in [3.05, 3.63) is 6.92 Å². The SMILES string of the molecule is [CH2]CC(C)CI. The molecule has 37 valence electrons. The fraction of sp³-hybridized carbons (Fsp3) is 0.800. The molecule has 0 bridgehead atoms. The van der Waals surface area contributed by atoms with Crippen molar-refractivity contribution < 1.29 is 0 Å². The maximum atomic E-state index is 3.75. The van der Waals surface area contributed by atoms with E-state index in [1.165, 1.54) is 4.43 Å². The van der Waals surface area contributed by atoms with Crippen LogP contribution in [0.2, 0.25) is 0 Å². The van der Waals surface area contributed by atoms with Gasteiger partial charge in [-0.2, -0.15) is 0 Å². The van der Waals surface area contributed by atoms with Crippen LogP contribution >= 0.6 is 22.6 Å². The Kier molecular flexibility index (Phi) is 4.38. The predicted octanol–water partition coefficient (Wildman–Crippen LogP) is 2.28. The summed E-state index contributed by atoms with van der Waals surface area (Å²) < 4.78 is 1.24. The van der Waals surface area contributed by atoms with Gasteiger partial charge in [-0.3, -0.25) is 0 Å². The summed E-state index contributed by atoms with van der Waals surface area (Å²) in [5.74, 6) is 0.811. The Bertz CT molecular complexity index is 23.1. The first-order chi connectivity index (χ1) is 2.81. The molecule has 0 aromatic heterocycles. The molecule has 1 heteroatoms. The lowest BCUT2D eigenvalue weighted by Crippen LogP contribution is -1.89. The maximum Gasteiger partial charge on any atom is 0.00210 e. The number of alkyl halides is 1. The van der Waals surface area contributed by atoms with Crippen molar-refractivity contribution in [2.45, 2.75) is 13.3 Å². The smallest absolute Gasteiger partial charge is 0.00210 e. The van der Waals surface area contributed by atoms with E-state index in [0.29, 0.717) is 0 Å². The Balaban J connectivity index is 2.75. The van der Waals surface area contributed by atoms with E-state index >= 15 is 0 Å². The van der Waals surface area contributed by atoms with Gasteiger partial charge in [-0.25, -0.2) is 0 Å². The molecule has 0 heterocycles. The van der Waals surface area contributed by atoms with E-state index in [1.807, 2.05) is 0 Å². The van der Waals surface area contributed by atoms with E-state index in [9.17, 15) is 0 Å². The molecular formula is C5H10I. The molecule has 0 fully saturated rings. The van der Waals surface area contributed by atoms with Gasteiger partial charge in [0.2, 0.25) is 0 Å². The summed E-state index contributed by atoms with van der Waals surface area (Å²) in [6, 6.07) is 0. The van der Waals surface area contributed by atoms with Gasteiger partial charge in [0.1, 0.15) is 0 Å². The minimum absolute atomic E-state index is 0.811. The number of rotatable bonds is 2. The molecule has 0 aliphatic carbocycles. The molecule has 0 nitrogen and oxygen atoms in total. The molecule has 0 aliphatic rings. The van der Waals surface area contributed by atoms with E-state index < -0.39 is 0 Å². The Morgan fingerprint density at radius 3 is 2.33 bits per heavy atom. The van der Waals surface area contributed by atoms with E-state index in [4.69, 9.17) is 0 Å². The van der Waals surface area contributed by atoms with Crippen molar-refractivity contribution in [2.24, 2.45) is 5.92 Å². The minimum atomic E-state index is 0.811. The monoisotopic (exact) mass is 197 g/mol.